The third-order valence-electron chi connectivity index (χ3n) is 2.42. The number of ether oxygens (including phenoxy) is 2. The van der Waals surface area contributed by atoms with Crippen molar-refractivity contribution in [3.8, 4) is 0 Å². The first-order valence-electron chi connectivity index (χ1n) is 5.68. The molecule has 3 nitrogen and oxygen atoms in total. The second-order valence-corrected chi connectivity index (χ2v) is 4.69. The van der Waals surface area contributed by atoms with Crippen molar-refractivity contribution in [3.05, 3.63) is 0 Å². The molecule has 1 atom stereocenters. The van der Waals surface area contributed by atoms with E-state index in [1.165, 1.54) is 0 Å². The number of esters is 1. The Hall–Kier alpha value is -0.570. The lowest BCUT2D eigenvalue weighted by atomic mass is 9.92. The van der Waals surface area contributed by atoms with Gasteiger partial charge in [-0.2, -0.15) is 0 Å². The van der Waals surface area contributed by atoms with Gasteiger partial charge in [0.05, 0.1) is 13.2 Å². The number of hydrogen-bond acceptors (Lipinski definition) is 3. The van der Waals surface area contributed by atoms with Gasteiger partial charge in [0.15, 0.2) is 0 Å². The highest BCUT2D eigenvalue weighted by molar-refractivity contribution is 5.69. The van der Waals surface area contributed by atoms with Crippen molar-refractivity contribution in [2.45, 2.75) is 53.6 Å². The molecule has 0 saturated heterocycles. The molecular formula is C12H24O3. The average Bonchev–Trinajstić information content (AvgIpc) is 2.17. The third kappa shape index (κ3) is 7.37. The van der Waals surface area contributed by atoms with Gasteiger partial charge in [-0.25, -0.2) is 0 Å². The zero-order valence-corrected chi connectivity index (χ0v) is 10.6. The van der Waals surface area contributed by atoms with Crippen LogP contribution in [0.3, 0.4) is 0 Å². The molecule has 0 bridgehead atoms. The van der Waals surface area contributed by atoms with Gasteiger partial charge in [0.1, 0.15) is 6.10 Å². The Morgan fingerprint density at radius 2 is 1.93 bits per heavy atom. The summed E-state index contributed by atoms with van der Waals surface area (Å²) in [4.78, 5) is 11.0. The van der Waals surface area contributed by atoms with Crippen LogP contribution in [0.1, 0.15) is 47.5 Å². The van der Waals surface area contributed by atoms with E-state index in [0.717, 1.165) is 6.42 Å². The molecule has 0 rings (SSSR count). The Balaban J connectivity index is 3.63. The molecule has 0 radical (unpaired) electrons. The summed E-state index contributed by atoms with van der Waals surface area (Å²) in [6.45, 7) is 11.3. The maximum atomic E-state index is 11.0. The van der Waals surface area contributed by atoms with E-state index in [0.29, 0.717) is 19.6 Å². The van der Waals surface area contributed by atoms with Crippen LogP contribution in [0.25, 0.3) is 0 Å². The van der Waals surface area contributed by atoms with Crippen molar-refractivity contribution in [2.24, 2.45) is 5.41 Å². The SMILES string of the molecule is CCC(=O)OC(C)COCC(C)(C)CC. The summed E-state index contributed by atoms with van der Waals surface area (Å²) >= 11 is 0. The Labute approximate surface area is 93.1 Å². The van der Waals surface area contributed by atoms with E-state index < -0.39 is 0 Å². The second kappa shape index (κ2) is 6.83. The Kier molecular flexibility index (Phi) is 6.57. The first-order valence-corrected chi connectivity index (χ1v) is 5.68. The van der Waals surface area contributed by atoms with Gasteiger partial charge in [0.25, 0.3) is 0 Å². The van der Waals surface area contributed by atoms with Gasteiger partial charge < -0.3 is 9.47 Å². The van der Waals surface area contributed by atoms with E-state index in [1.54, 1.807) is 6.92 Å². The Morgan fingerprint density at radius 3 is 2.40 bits per heavy atom. The molecule has 0 heterocycles. The van der Waals surface area contributed by atoms with E-state index in [9.17, 15) is 4.79 Å². The van der Waals surface area contributed by atoms with Crippen LogP contribution in [0.5, 0.6) is 0 Å². The number of carbonyl (C=O) groups is 1. The lowest BCUT2D eigenvalue weighted by Crippen LogP contribution is -2.24. The molecule has 15 heavy (non-hydrogen) atoms. The fourth-order valence-corrected chi connectivity index (χ4v) is 0.945. The van der Waals surface area contributed by atoms with Crippen LogP contribution < -0.4 is 0 Å². The van der Waals surface area contributed by atoms with Crippen LogP contribution in [0, 0.1) is 5.41 Å². The van der Waals surface area contributed by atoms with Gasteiger partial charge in [0, 0.05) is 6.42 Å². The number of rotatable bonds is 7. The highest BCUT2D eigenvalue weighted by Gasteiger charge is 2.16. The monoisotopic (exact) mass is 216 g/mol. The van der Waals surface area contributed by atoms with Crippen LogP contribution in [-0.2, 0) is 14.3 Å². The van der Waals surface area contributed by atoms with Gasteiger partial charge in [-0.3, -0.25) is 4.79 Å². The molecule has 3 heteroatoms. The van der Waals surface area contributed by atoms with Crippen LogP contribution in [-0.4, -0.2) is 25.3 Å². The molecule has 0 aromatic heterocycles. The topological polar surface area (TPSA) is 35.5 Å². The maximum Gasteiger partial charge on any atom is 0.305 e. The first kappa shape index (κ1) is 14.4. The largest absolute Gasteiger partial charge is 0.460 e. The van der Waals surface area contributed by atoms with Gasteiger partial charge >= 0.3 is 5.97 Å². The Bertz CT molecular complexity index is 187. The summed E-state index contributed by atoms with van der Waals surface area (Å²) in [5.74, 6) is -0.166. The molecular weight excluding hydrogens is 192 g/mol. The van der Waals surface area contributed by atoms with Crippen molar-refractivity contribution in [3.63, 3.8) is 0 Å². The van der Waals surface area contributed by atoms with Crippen molar-refractivity contribution in [1.29, 1.82) is 0 Å². The van der Waals surface area contributed by atoms with Gasteiger partial charge in [-0.05, 0) is 18.8 Å². The van der Waals surface area contributed by atoms with Crippen LogP contribution >= 0.6 is 0 Å². The molecule has 0 N–H and O–H groups in total. The normalized spacial score (nSPS) is 13.7. The third-order valence-corrected chi connectivity index (χ3v) is 2.42. The molecule has 0 fully saturated rings. The lowest BCUT2D eigenvalue weighted by molar-refractivity contribution is -0.151. The standard InChI is InChI=1S/C12H24O3/c1-6-11(13)15-10(3)8-14-9-12(4,5)7-2/h10H,6-9H2,1-5H3. The van der Waals surface area contributed by atoms with Gasteiger partial charge in [-0.1, -0.05) is 27.7 Å². The molecule has 0 aliphatic carbocycles. The summed E-state index contributed by atoms with van der Waals surface area (Å²) < 4.78 is 10.6. The van der Waals surface area contributed by atoms with Gasteiger partial charge in [0.2, 0.25) is 0 Å². The highest BCUT2D eigenvalue weighted by atomic mass is 16.6. The predicted molar refractivity (Wildman–Crippen MR) is 60.7 cm³/mol. The minimum Gasteiger partial charge on any atom is -0.460 e. The smallest absolute Gasteiger partial charge is 0.305 e. The fourth-order valence-electron chi connectivity index (χ4n) is 0.945. The van der Waals surface area contributed by atoms with E-state index in [1.807, 2.05) is 6.92 Å². The molecule has 0 saturated carbocycles. The molecule has 0 aromatic rings. The summed E-state index contributed by atoms with van der Waals surface area (Å²) in [6, 6.07) is 0. The van der Waals surface area contributed by atoms with Crippen molar-refractivity contribution in [2.75, 3.05) is 13.2 Å². The summed E-state index contributed by atoms with van der Waals surface area (Å²) in [5, 5.41) is 0. The van der Waals surface area contributed by atoms with Crippen LogP contribution in [0.2, 0.25) is 0 Å². The minimum absolute atomic E-state index is 0.148. The number of carbonyl (C=O) groups excluding carboxylic acids is 1. The van der Waals surface area contributed by atoms with Crippen LogP contribution in [0.15, 0.2) is 0 Å². The first-order chi connectivity index (χ1) is 6.91. The summed E-state index contributed by atoms with van der Waals surface area (Å²) in [6.07, 6.45) is 1.35. The maximum absolute atomic E-state index is 11.0. The molecule has 0 aromatic carbocycles. The summed E-state index contributed by atoms with van der Waals surface area (Å²) in [7, 11) is 0. The summed E-state index contributed by atoms with van der Waals surface area (Å²) in [5.41, 5.74) is 0.203. The lowest BCUT2D eigenvalue weighted by Gasteiger charge is -2.23. The molecule has 0 aliphatic heterocycles. The molecule has 0 amide bonds. The highest BCUT2D eigenvalue weighted by Crippen LogP contribution is 2.19. The minimum atomic E-state index is -0.166. The molecule has 1 unspecified atom stereocenters. The second-order valence-electron chi connectivity index (χ2n) is 4.69. The van der Waals surface area contributed by atoms with E-state index in [-0.39, 0.29) is 17.5 Å². The van der Waals surface area contributed by atoms with Crippen molar-refractivity contribution < 1.29 is 14.3 Å². The molecule has 90 valence electrons. The quantitative estimate of drug-likeness (QED) is 0.614. The van der Waals surface area contributed by atoms with Gasteiger partial charge in [-0.15, -0.1) is 0 Å². The molecule has 0 spiro atoms. The Morgan fingerprint density at radius 1 is 1.33 bits per heavy atom. The number of hydrogen-bond donors (Lipinski definition) is 0. The molecule has 0 aliphatic rings. The van der Waals surface area contributed by atoms with E-state index >= 15 is 0 Å². The van der Waals surface area contributed by atoms with E-state index in [2.05, 4.69) is 20.8 Å². The average molecular weight is 216 g/mol. The van der Waals surface area contributed by atoms with Crippen molar-refractivity contribution >= 4 is 5.97 Å². The van der Waals surface area contributed by atoms with Crippen LogP contribution in [0.4, 0.5) is 0 Å². The van der Waals surface area contributed by atoms with E-state index in [4.69, 9.17) is 9.47 Å². The fraction of sp³-hybridized carbons (Fsp3) is 0.917. The van der Waals surface area contributed by atoms with Crippen molar-refractivity contribution in [1.82, 2.24) is 0 Å². The predicted octanol–water partition coefficient (Wildman–Crippen LogP) is 2.78. The zero-order valence-electron chi connectivity index (χ0n) is 10.6. The zero-order chi connectivity index (χ0) is 11.9.